The zero-order chi connectivity index (χ0) is 18.7. The Hall–Kier alpha value is -2.50. The Labute approximate surface area is 153 Å². The van der Waals surface area contributed by atoms with Crippen LogP contribution in [-0.2, 0) is 6.54 Å². The van der Waals surface area contributed by atoms with Crippen LogP contribution in [0.4, 0.5) is 0 Å². The number of hydrogen-bond acceptors (Lipinski definition) is 4. The molecule has 1 aromatic carbocycles. The molecule has 0 saturated heterocycles. The highest BCUT2D eigenvalue weighted by atomic mass is 16.5. The van der Waals surface area contributed by atoms with Gasteiger partial charge in [-0.1, -0.05) is 12.8 Å². The number of fused-ring (bicyclic) bond motifs is 1. The van der Waals surface area contributed by atoms with E-state index in [0.717, 1.165) is 0 Å². The van der Waals surface area contributed by atoms with E-state index in [1.165, 1.54) is 39.9 Å². The number of aryl methyl sites for hydroxylation is 1. The summed E-state index contributed by atoms with van der Waals surface area (Å²) in [5.41, 5.74) is 0.344. The molecule has 0 spiro atoms. The van der Waals surface area contributed by atoms with Gasteiger partial charge in [0.15, 0.2) is 11.5 Å². The van der Waals surface area contributed by atoms with Gasteiger partial charge in [0.05, 0.1) is 25.2 Å². The Kier molecular flexibility index (Phi) is 5.49. The molecule has 1 amide bonds. The molecule has 1 saturated carbocycles. The second kappa shape index (κ2) is 7.81. The average molecular weight is 358 g/mol. The van der Waals surface area contributed by atoms with E-state index in [1.54, 1.807) is 22.9 Å². The van der Waals surface area contributed by atoms with Crippen LogP contribution in [-0.4, -0.2) is 31.2 Å². The van der Waals surface area contributed by atoms with Gasteiger partial charge in [0.1, 0.15) is 0 Å². The Morgan fingerprint density at radius 3 is 2.35 bits per heavy atom. The first-order valence-electron chi connectivity index (χ1n) is 9.16. The molecule has 0 bridgehead atoms. The maximum Gasteiger partial charge on any atom is 0.258 e. The van der Waals surface area contributed by atoms with E-state index in [1.807, 2.05) is 6.92 Å². The molecule has 3 rings (SSSR count). The van der Waals surface area contributed by atoms with Gasteiger partial charge in [-0.25, -0.2) is 0 Å². The standard InChI is InChI=1S/C20H26N2O4/c1-4-22-12-16(19(23)21-11-13-7-5-6-8-13)14-9-17(25-2)18(26-3)10-15(14)20(22)24/h9-10,12-13H,4-8,11H2,1-3H3,(H,21,23). The number of aromatic nitrogens is 1. The van der Waals surface area contributed by atoms with E-state index in [-0.39, 0.29) is 11.5 Å². The van der Waals surface area contributed by atoms with Gasteiger partial charge < -0.3 is 19.4 Å². The largest absolute Gasteiger partial charge is 0.493 e. The molecule has 1 fully saturated rings. The minimum atomic E-state index is -0.156. The van der Waals surface area contributed by atoms with Gasteiger partial charge in [0.25, 0.3) is 11.5 Å². The summed E-state index contributed by atoms with van der Waals surface area (Å²) in [5.74, 6) is 1.37. The van der Waals surface area contributed by atoms with Crippen molar-refractivity contribution in [3.05, 3.63) is 34.2 Å². The van der Waals surface area contributed by atoms with Crippen molar-refractivity contribution in [2.45, 2.75) is 39.2 Å². The number of benzene rings is 1. The Balaban J connectivity index is 2.05. The predicted octanol–water partition coefficient (Wildman–Crippen LogP) is 2.96. The highest BCUT2D eigenvalue weighted by Gasteiger charge is 2.20. The number of carbonyl (C=O) groups is 1. The first kappa shape index (κ1) is 18.3. The van der Waals surface area contributed by atoms with E-state index < -0.39 is 0 Å². The van der Waals surface area contributed by atoms with E-state index in [2.05, 4.69) is 5.32 Å². The first-order valence-corrected chi connectivity index (χ1v) is 9.16. The smallest absolute Gasteiger partial charge is 0.258 e. The van der Waals surface area contributed by atoms with E-state index in [4.69, 9.17) is 9.47 Å². The summed E-state index contributed by atoms with van der Waals surface area (Å²) in [6.45, 7) is 3.05. The molecule has 1 aromatic heterocycles. The molecule has 140 valence electrons. The van der Waals surface area contributed by atoms with Crippen LogP contribution >= 0.6 is 0 Å². The molecule has 0 atom stereocenters. The maximum atomic E-state index is 12.9. The summed E-state index contributed by atoms with van der Waals surface area (Å²) in [5, 5.41) is 4.08. The van der Waals surface area contributed by atoms with Crippen LogP contribution in [0.3, 0.4) is 0 Å². The van der Waals surface area contributed by atoms with Gasteiger partial charge in [-0.2, -0.15) is 0 Å². The molecule has 1 aliphatic rings. The fraction of sp³-hybridized carbons (Fsp3) is 0.500. The molecule has 1 N–H and O–H groups in total. The third-order valence-electron chi connectivity index (χ3n) is 5.20. The second-order valence-electron chi connectivity index (χ2n) is 6.75. The average Bonchev–Trinajstić information content (AvgIpc) is 3.19. The molecule has 0 aliphatic heterocycles. The third-order valence-corrected chi connectivity index (χ3v) is 5.20. The topological polar surface area (TPSA) is 69.6 Å². The van der Waals surface area contributed by atoms with Crippen molar-refractivity contribution in [1.29, 1.82) is 0 Å². The minimum absolute atomic E-state index is 0.143. The lowest BCUT2D eigenvalue weighted by Crippen LogP contribution is -2.30. The molecule has 1 heterocycles. The number of nitrogens with zero attached hydrogens (tertiary/aromatic N) is 1. The number of hydrogen-bond donors (Lipinski definition) is 1. The van der Waals surface area contributed by atoms with E-state index in [9.17, 15) is 9.59 Å². The molecule has 0 unspecified atom stereocenters. The normalized spacial score (nSPS) is 14.6. The van der Waals surface area contributed by atoms with Gasteiger partial charge in [-0.15, -0.1) is 0 Å². The number of ether oxygens (including phenoxy) is 2. The lowest BCUT2D eigenvalue weighted by atomic mass is 10.0. The number of carbonyl (C=O) groups excluding carboxylic acids is 1. The van der Waals surface area contributed by atoms with E-state index >= 15 is 0 Å². The lowest BCUT2D eigenvalue weighted by molar-refractivity contribution is 0.0948. The van der Waals surface area contributed by atoms with Crippen LogP contribution in [0.5, 0.6) is 11.5 Å². The Morgan fingerprint density at radius 2 is 1.77 bits per heavy atom. The molecular formula is C20H26N2O4. The van der Waals surface area contributed by atoms with Crippen molar-refractivity contribution < 1.29 is 14.3 Å². The van der Waals surface area contributed by atoms with Gasteiger partial charge in [-0.3, -0.25) is 9.59 Å². The van der Waals surface area contributed by atoms with Crippen molar-refractivity contribution in [3.63, 3.8) is 0 Å². The summed E-state index contributed by atoms with van der Waals surface area (Å²) in [4.78, 5) is 25.6. The van der Waals surface area contributed by atoms with Crippen LogP contribution < -0.4 is 20.3 Å². The van der Waals surface area contributed by atoms with Crippen molar-refractivity contribution in [1.82, 2.24) is 9.88 Å². The van der Waals surface area contributed by atoms with Crippen LogP contribution in [0, 0.1) is 5.92 Å². The molecule has 6 heteroatoms. The molecule has 6 nitrogen and oxygen atoms in total. The highest BCUT2D eigenvalue weighted by Crippen LogP contribution is 2.32. The summed E-state index contributed by atoms with van der Waals surface area (Å²) in [6.07, 6.45) is 6.45. The van der Waals surface area contributed by atoms with Crippen LogP contribution in [0.2, 0.25) is 0 Å². The summed E-state index contributed by atoms with van der Waals surface area (Å²) >= 11 is 0. The molecule has 26 heavy (non-hydrogen) atoms. The fourth-order valence-electron chi connectivity index (χ4n) is 3.68. The van der Waals surface area contributed by atoms with Crippen molar-refractivity contribution in [2.24, 2.45) is 5.92 Å². The number of amides is 1. The monoisotopic (exact) mass is 358 g/mol. The summed E-state index contributed by atoms with van der Waals surface area (Å²) < 4.78 is 12.2. The molecule has 0 radical (unpaired) electrons. The minimum Gasteiger partial charge on any atom is -0.493 e. The van der Waals surface area contributed by atoms with Gasteiger partial charge in [0, 0.05) is 24.7 Å². The Bertz CT molecular complexity index is 866. The Morgan fingerprint density at radius 1 is 1.15 bits per heavy atom. The fourth-order valence-corrected chi connectivity index (χ4v) is 3.68. The summed E-state index contributed by atoms with van der Waals surface area (Å²) in [6, 6.07) is 3.36. The van der Waals surface area contributed by atoms with Gasteiger partial charge in [0.2, 0.25) is 0 Å². The molecule has 1 aliphatic carbocycles. The second-order valence-corrected chi connectivity index (χ2v) is 6.75. The quantitative estimate of drug-likeness (QED) is 0.862. The molecular weight excluding hydrogens is 332 g/mol. The first-order chi connectivity index (χ1) is 12.6. The van der Waals surface area contributed by atoms with Gasteiger partial charge >= 0.3 is 0 Å². The van der Waals surface area contributed by atoms with Crippen molar-refractivity contribution in [2.75, 3.05) is 20.8 Å². The summed E-state index contributed by atoms with van der Waals surface area (Å²) in [7, 11) is 3.07. The van der Waals surface area contributed by atoms with Crippen LogP contribution in [0.15, 0.2) is 23.1 Å². The predicted molar refractivity (Wildman–Crippen MR) is 101 cm³/mol. The van der Waals surface area contributed by atoms with Crippen LogP contribution in [0.25, 0.3) is 10.8 Å². The van der Waals surface area contributed by atoms with Gasteiger partial charge in [-0.05, 0) is 37.8 Å². The number of nitrogens with one attached hydrogen (secondary N) is 1. The lowest BCUT2D eigenvalue weighted by Gasteiger charge is -2.15. The SMILES string of the molecule is CCn1cc(C(=O)NCC2CCCC2)c2cc(OC)c(OC)cc2c1=O. The maximum absolute atomic E-state index is 12.9. The molecule has 2 aromatic rings. The highest BCUT2D eigenvalue weighted by molar-refractivity contribution is 6.07. The number of methoxy groups -OCH3 is 2. The number of rotatable bonds is 6. The van der Waals surface area contributed by atoms with Crippen molar-refractivity contribution >= 4 is 16.7 Å². The van der Waals surface area contributed by atoms with Crippen LogP contribution in [0.1, 0.15) is 43.0 Å². The van der Waals surface area contributed by atoms with Crippen molar-refractivity contribution in [3.8, 4) is 11.5 Å². The number of pyridine rings is 1. The zero-order valence-corrected chi connectivity index (χ0v) is 15.6. The van der Waals surface area contributed by atoms with E-state index in [0.29, 0.717) is 46.8 Å². The third kappa shape index (κ3) is 3.41. The zero-order valence-electron chi connectivity index (χ0n) is 15.6.